The lowest BCUT2D eigenvalue weighted by Crippen LogP contribution is -2.38. The Morgan fingerprint density at radius 2 is 2.00 bits per heavy atom. The molecule has 1 aromatic heterocycles. The summed E-state index contributed by atoms with van der Waals surface area (Å²) in [5.74, 6) is -0.575. The molecule has 0 bridgehead atoms. The third-order valence-electron chi connectivity index (χ3n) is 5.57. The smallest absolute Gasteiger partial charge is 0.338 e. The molecular weight excluding hydrogens is 448 g/mol. The van der Waals surface area contributed by atoms with E-state index in [1.165, 1.54) is 17.8 Å². The predicted octanol–water partition coefficient (Wildman–Crippen LogP) is 4.40. The van der Waals surface area contributed by atoms with Crippen molar-refractivity contribution >= 4 is 28.8 Å². The molecular formula is C26H26N4O3S. The molecule has 2 aliphatic rings. The van der Waals surface area contributed by atoms with Crippen LogP contribution in [0.4, 0.5) is 0 Å². The van der Waals surface area contributed by atoms with Gasteiger partial charge in [0.15, 0.2) is 5.17 Å². The summed E-state index contributed by atoms with van der Waals surface area (Å²) in [4.78, 5) is 36.8. The third kappa shape index (κ3) is 4.97. The summed E-state index contributed by atoms with van der Waals surface area (Å²) in [6, 6.07) is 13.1. The van der Waals surface area contributed by atoms with Gasteiger partial charge in [-0.15, -0.1) is 0 Å². The Balaban J connectivity index is 1.62. The van der Waals surface area contributed by atoms with E-state index in [9.17, 15) is 9.59 Å². The van der Waals surface area contributed by atoms with E-state index in [1.807, 2.05) is 66.6 Å². The number of hydrogen-bond acceptors (Lipinski definition) is 7. The van der Waals surface area contributed by atoms with Crippen LogP contribution in [0.25, 0.3) is 0 Å². The van der Waals surface area contributed by atoms with Gasteiger partial charge in [0.25, 0.3) is 0 Å². The van der Waals surface area contributed by atoms with E-state index < -0.39 is 12.0 Å². The zero-order valence-electron chi connectivity index (χ0n) is 19.2. The number of ether oxygens (including phenoxy) is 1. The van der Waals surface area contributed by atoms with Gasteiger partial charge in [-0.1, -0.05) is 54.7 Å². The zero-order chi connectivity index (χ0) is 24.1. The van der Waals surface area contributed by atoms with Gasteiger partial charge >= 0.3 is 5.97 Å². The first-order chi connectivity index (χ1) is 16.5. The summed E-state index contributed by atoms with van der Waals surface area (Å²) in [5.41, 5.74) is 4.62. The van der Waals surface area contributed by atoms with Crippen LogP contribution in [0, 0.1) is 6.92 Å². The molecule has 7 nitrogen and oxygen atoms in total. The molecule has 0 unspecified atom stereocenters. The van der Waals surface area contributed by atoms with Crippen LogP contribution in [-0.2, 0) is 20.9 Å². The number of carbonyl (C=O) groups is 2. The Hall–Kier alpha value is -3.65. The van der Waals surface area contributed by atoms with Gasteiger partial charge in [0.05, 0.1) is 36.0 Å². The second-order valence-electron chi connectivity index (χ2n) is 7.91. The Kier molecular flexibility index (Phi) is 7.27. The lowest BCUT2D eigenvalue weighted by molar-refractivity contribution is -0.138. The molecule has 4 rings (SSSR count). The molecule has 0 radical (unpaired) electrons. The fourth-order valence-electron chi connectivity index (χ4n) is 3.95. The standard InChI is InChI=1S/C26H26N4O3S/c1-4-13-33-25(32)23-18(3)29-26-30(24(23)21-11-6-5-9-17(21)2)20(16-34-26)14-22(31)28-15-19-10-7-8-12-27-19/h4-12,16,24H,1,13-15H2,2-3H3,(H,28,31)/t24-/m0/s1. The number of rotatable bonds is 8. The van der Waals surface area contributed by atoms with Crippen LogP contribution in [0.15, 0.2) is 88.7 Å². The Labute approximate surface area is 203 Å². The summed E-state index contributed by atoms with van der Waals surface area (Å²) < 4.78 is 5.42. The van der Waals surface area contributed by atoms with Crippen molar-refractivity contribution in [1.82, 2.24) is 15.2 Å². The van der Waals surface area contributed by atoms with Crippen molar-refractivity contribution in [3.8, 4) is 0 Å². The van der Waals surface area contributed by atoms with Gasteiger partial charge in [0.1, 0.15) is 6.61 Å². The molecule has 34 heavy (non-hydrogen) atoms. The van der Waals surface area contributed by atoms with E-state index in [4.69, 9.17) is 4.74 Å². The van der Waals surface area contributed by atoms with Crippen LogP contribution in [0.3, 0.4) is 0 Å². The number of thioether (sulfide) groups is 1. The van der Waals surface area contributed by atoms with E-state index in [-0.39, 0.29) is 18.9 Å². The molecule has 1 atom stereocenters. The van der Waals surface area contributed by atoms with E-state index in [0.717, 1.165) is 27.7 Å². The maximum atomic E-state index is 13.1. The minimum Gasteiger partial charge on any atom is -0.458 e. The summed E-state index contributed by atoms with van der Waals surface area (Å²) in [5, 5.41) is 5.59. The van der Waals surface area contributed by atoms with Crippen LogP contribution in [-0.4, -0.2) is 33.5 Å². The third-order valence-corrected chi connectivity index (χ3v) is 6.46. The molecule has 0 fully saturated rings. The summed E-state index contributed by atoms with van der Waals surface area (Å²) in [7, 11) is 0. The number of amidine groups is 1. The van der Waals surface area contributed by atoms with Gasteiger partial charge in [-0.3, -0.25) is 9.78 Å². The van der Waals surface area contributed by atoms with Crippen molar-refractivity contribution in [3.05, 3.63) is 101 Å². The Morgan fingerprint density at radius 1 is 1.21 bits per heavy atom. The summed E-state index contributed by atoms with van der Waals surface area (Å²) in [6.07, 6.45) is 3.38. The molecule has 0 saturated carbocycles. The summed E-state index contributed by atoms with van der Waals surface area (Å²) in [6.45, 7) is 7.92. The number of carbonyl (C=O) groups excluding carboxylic acids is 2. The second kappa shape index (κ2) is 10.5. The van der Waals surface area contributed by atoms with Crippen LogP contribution >= 0.6 is 11.8 Å². The number of esters is 1. The number of nitrogens with one attached hydrogen (secondary N) is 1. The van der Waals surface area contributed by atoms with Gasteiger partial charge in [0, 0.05) is 11.9 Å². The number of aryl methyl sites for hydroxylation is 1. The molecule has 174 valence electrons. The normalized spacial score (nSPS) is 17.0. The SMILES string of the molecule is C=CCOC(=O)C1=C(C)N=C2SC=C(CC(=O)NCc3ccccn3)N2[C@H]1c1ccccc1C. The lowest BCUT2D eigenvalue weighted by atomic mass is 9.91. The Morgan fingerprint density at radius 3 is 2.74 bits per heavy atom. The average molecular weight is 475 g/mol. The Bertz CT molecular complexity index is 1200. The highest BCUT2D eigenvalue weighted by Crippen LogP contribution is 2.45. The largest absolute Gasteiger partial charge is 0.458 e. The molecule has 1 aromatic carbocycles. The number of hydrogen-bond donors (Lipinski definition) is 1. The molecule has 0 aliphatic carbocycles. The molecule has 8 heteroatoms. The minimum absolute atomic E-state index is 0.111. The summed E-state index contributed by atoms with van der Waals surface area (Å²) >= 11 is 1.45. The number of benzene rings is 1. The van der Waals surface area contributed by atoms with Gasteiger partial charge in [-0.25, -0.2) is 9.79 Å². The molecule has 2 aliphatic heterocycles. The van der Waals surface area contributed by atoms with Crippen molar-refractivity contribution in [1.29, 1.82) is 0 Å². The van der Waals surface area contributed by atoms with Crippen LogP contribution < -0.4 is 5.32 Å². The van der Waals surface area contributed by atoms with Crippen LogP contribution in [0.2, 0.25) is 0 Å². The predicted molar refractivity (Wildman–Crippen MR) is 133 cm³/mol. The highest BCUT2D eigenvalue weighted by Gasteiger charge is 2.41. The first kappa shape index (κ1) is 23.5. The van der Waals surface area contributed by atoms with E-state index in [2.05, 4.69) is 21.9 Å². The fourth-order valence-corrected chi connectivity index (χ4v) is 4.91. The van der Waals surface area contributed by atoms with Crippen molar-refractivity contribution in [2.75, 3.05) is 6.61 Å². The van der Waals surface area contributed by atoms with Crippen LogP contribution in [0.5, 0.6) is 0 Å². The number of pyridine rings is 1. The molecule has 3 heterocycles. The highest BCUT2D eigenvalue weighted by atomic mass is 32.2. The average Bonchev–Trinajstić information content (AvgIpc) is 3.23. The zero-order valence-corrected chi connectivity index (χ0v) is 20.0. The second-order valence-corrected chi connectivity index (χ2v) is 8.75. The van der Waals surface area contributed by atoms with E-state index in [1.54, 1.807) is 6.20 Å². The van der Waals surface area contributed by atoms with Crippen molar-refractivity contribution in [3.63, 3.8) is 0 Å². The number of aromatic nitrogens is 1. The molecule has 2 aromatic rings. The van der Waals surface area contributed by atoms with Crippen LogP contribution in [0.1, 0.15) is 36.2 Å². The minimum atomic E-state index is -0.448. The maximum absolute atomic E-state index is 13.1. The van der Waals surface area contributed by atoms with E-state index >= 15 is 0 Å². The quantitative estimate of drug-likeness (QED) is 0.451. The highest BCUT2D eigenvalue weighted by molar-refractivity contribution is 8.16. The van der Waals surface area contributed by atoms with Gasteiger partial charge in [-0.05, 0) is 42.5 Å². The van der Waals surface area contributed by atoms with Gasteiger partial charge in [0.2, 0.25) is 5.91 Å². The van der Waals surface area contributed by atoms with Gasteiger partial charge < -0.3 is 15.0 Å². The maximum Gasteiger partial charge on any atom is 0.338 e. The molecule has 0 spiro atoms. The molecule has 1 amide bonds. The number of nitrogens with zero attached hydrogens (tertiary/aromatic N) is 3. The fraction of sp³-hybridized carbons (Fsp3) is 0.231. The monoisotopic (exact) mass is 474 g/mol. The first-order valence-electron chi connectivity index (χ1n) is 10.9. The van der Waals surface area contributed by atoms with Crippen molar-refractivity contribution in [2.45, 2.75) is 32.9 Å². The van der Waals surface area contributed by atoms with Crippen molar-refractivity contribution in [2.24, 2.45) is 4.99 Å². The lowest BCUT2D eigenvalue weighted by Gasteiger charge is -2.37. The van der Waals surface area contributed by atoms with Gasteiger partial charge in [-0.2, -0.15) is 0 Å². The number of fused-ring (bicyclic) bond motifs is 1. The van der Waals surface area contributed by atoms with E-state index in [0.29, 0.717) is 17.8 Å². The van der Waals surface area contributed by atoms with Crippen molar-refractivity contribution < 1.29 is 14.3 Å². The number of aliphatic imine (C=N–C) groups is 1. The molecule has 0 saturated heterocycles. The topological polar surface area (TPSA) is 83.9 Å². The number of allylic oxidation sites excluding steroid dienone is 1. The number of amides is 1. The first-order valence-corrected chi connectivity index (χ1v) is 11.8. The molecule has 1 N–H and O–H groups in total.